The Morgan fingerprint density at radius 2 is 2.00 bits per heavy atom. The smallest absolute Gasteiger partial charge is 0.261 e. The minimum atomic E-state index is -0.292. The van der Waals surface area contributed by atoms with Crippen molar-refractivity contribution in [1.29, 1.82) is 0 Å². The Balaban J connectivity index is 1.97. The van der Waals surface area contributed by atoms with Crippen LogP contribution in [0.3, 0.4) is 0 Å². The number of aryl methyl sites for hydroxylation is 1. The second kappa shape index (κ2) is 4.17. The normalized spacial score (nSPS) is 14.1. The minimum Gasteiger partial charge on any atom is -0.399 e. The van der Waals surface area contributed by atoms with Crippen molar-refractivity contribution in [3.8, 4) is 0 Å². The largest absolute Gasteiger partial charge is 0.399 e. The maximum Gasteiger partial charge on any atom is 0.261 e. The Morgan fingerprint density at radius 1 is 1.26 bits per heavy atom. The first-order chi connectivity index (χ1) is 9.08. The number of nitrogens with two attached hydrogens (primary N) is 1. The van der Waals surface area contributed by atoms with Crippen LogP contribution in [0, 0.1) is 6.92 Å². The first kappa shape index (κ1) is 11.9. The van der Waals surface area contributed by atoms with E-state index in [2.05, 4.69) is 4.98 Å². The number of carbonyl (C=O) groups is 2. The van der Waals surface area contributed by atoms with Gasteiger partial charge in [-0.15, -0.1) is 11.3 Å². The van der Waals surface area contributed by atoms with Gasteiger partial charge in [-0.3, -0.25) is 14.5 Å². The summed E-state index contributed by atoms with van der Waals surface area (Å²) in [5.74, 6) is -0.562. The Kier molecular flexibility index (Phi) is 2.60. The van der Waals surface area contributed by atoms with Gasteiger partial charge in [0.15, 0.2) is 0 Å². The molecule has 2 N–H and O–H groups in total. The second-order valence-electron chi connectivity index (χ2n) is 4.36. The molecule has 3 rings (SSSR count). The van der Waals surface area contributed by atoms with Gasteiger partial charge in [0, 0.05) is 10.6 Å². The lowest BCUT2D eigenvalue weighted by Gasteiger charge is -2.12. The number of nitrogen functional groups attached to an aromatic ring is 1. The van der Waals surface area contributed by atoms with E-state index in [9.17, 15) is 9.59 Å². The summed E-state index contributed by atoms with van der Waals surface area (Å²) in [5.41, 5.74) is 9.49. The van der Waals surface area contributed by atoms with Crippen molar-refractivity contribution < 1.29 is 9.59 Å². The molecule has 6 heteroatoms. The Labute approximate surface area is 113 Å². The van der Waals surface area contributed by atoms with Crippen LogP contribution in [0.1, 0.15) is 31.3 Å². The van der Waals surface area contributed by atoms with Gasteiger partial charge in [0.2, 0.25) is 0 Å². The third-order valence-electron chi connectivity index (χ3n) is 3.14. The molecule has 0 spiro atoms. The van der Waals surface area contributed by atoms with Gasteiger partial charge in [0.1, 0.15) is 0 Å². The average Bonchev–Trinajstić information content (AvgIpc) is 2.88. The van der Waals surface area contributed by atoms with Crippen molar-refractivity contribution in [2.24, 2.45) is 0 Å². The highest BCUT2D eigenvalue weighted by Gasteiger charge is 2.35. The molecule has 1 aliphatic rings. The van der Waals surface area contributed by atoms with E-state index in [4.69, 9.17) is 5.73 Å². The second-order valence-corrected chi connectivity index (χ2v) is 5.30. The molecule has 5 nitrogen and oxygen atoms in total. The third kappa shape index (κ3) is 1.80. The zero-order valence-electron chi connectivity index (χ0n) is 10.2. The number of hydrogen-bond acceptors (Lipinski definition) is 5. The maximum absolute atomic E-state index is 12.2. The molecule has 1 aromatic carbocycles. The number of nitrogens with zero attached hydrogens (tertiary/aromatic N) is 2. The highest BCUT2D eigenvalue weighted by molar-refractivity contribution is 7.09. The molecule has 2 heterocycles. The summed E-state index contributed by atoms with van der Waals surface area (Å²) < 4.78 is 0. The van der Waals surface area contributed by atoms with Crippen LogP contribution < -0.4 is 5.73 Å². The summed E-state index contributed by atoms with van der Waals surface area (Å²) >= 11 is 1.44. The fraction of sp³-hybridized carbons (Fsp3) is 0.154. The van der Waals surface area contributed by atoms with Crippen molar-refractivity contribution in [3.05, 3.63) is 45.4 Å². The number of amides is 2. The van der Waals surface area contributed by atoms with Gasteiger partial charge in [-0.1, -0.05) is 0 Å². The number of fused-ring (bicyclic) bond motifs is 1. The summed E-state index contributed by atoms with van der Waals surface area (Å²) in [4.78, 5) is 30.7. The van der Waals surface area contributed by atoms with Crippen molar-refractivity contribution in [1.82, 2.24) is 9.88 Å². The Hall–Kier alpha value is -2.21. The van der Waals surface area contributed by atoms with E-state index in [1.165, 1.54) is 16.2 Å². The topological polar surface area (TPSA) is 76.3 Å². The number of thiazole rings is 1. The van der Waals surface area contributed by atoms with Gasteiger partial charge < -0.3 is 5.73 Å². The van der Waals surface area contributed by atoms with E-state index in [1.807, 2.05) is 6.92 Å². The standard InChI is InChI=1S/C13H11N3O2S/c1-7-11(19-6-15-7)5-16-12(17)9-3-2-8(14)4-10(9)13(16)18/h2-4,6H,5,14H2,1H3. The molecule has 1 aromatic heterocycles. The molecule has 2 aromatic rings. The highest BCUT2D eigenvalue weighted by atomic mass is 32.1. The van der Waals surface area contributed by atoms with E-state index in [-0.39, 0.29) is 18.4 Å². The summed E-state index contributed by atoms with van der Waals surface area (Å²) in [5, 5.41) is 0. The van der Waals surface area contributed by atoms with Crippen LogP contribution in [0.2, 0.25) is 0 Å². The molecular weight excluding hydrogens is 262 g/mol. The molecule has 2 amide bonds. The van der Waals surface area contributed by atoms with Crippen molar-refractivity contribution >= 4 is 28.8 Å². The molecule has 0 unspecified atom stereocenters. The zero-order valence-corrected chi connectivity index (χ0v) is 11.0. The fourth-order valence-electron chi connectivity index (χ4n) is 2.07. The molecule has 0 atom stereocenters. The van der Waals surface area contributed by atoms with Gasteiger partial charge >= 0.3 is 0 Å². The van der Waals surface area contributed by atoms with Crippen LogP contribution in [0.15, 0.2) is 23.7 Å². The van der Waals surface area contributed by atoms with E-state index in [0.717, 1.165) is 10.6 Å². The number of benzene rings is 1. The molecule has 0 bridgehead atoms. The van der Waals surface area contributed by atoms with Crippen LogP contribution >= 0.6 is 11.3 Å². The Morgan fingerprint density at radius 3 is 2.68 bits per heavy atom. The maximum atomic E-state index is 12.2. The van der Waals surface area contributed by atoms with Gasteiger partial charge in [0.25, 0.3) is 11.8 Å². The SMILES string of the molecule is Cc1ncsc1CN1C(=O)c2ccc(N)cc2C1=O. The molecule has 1 aliphatic heterocycles. The van der Waals surface area contributed by atoms with Gasteiger partial charge in [-0.2, -0.15) is 0 Å². The number of carbonyl (C=O) groups excluding carboxylic acids is 2. The van der Waals surface area contributed by atoms with Crippen LogP contribution in [0.25, 0.3) is 0 Å². The van der Waals surface area contributed by atoms with Crippen LogP contribution in [-0.4, -0.2) is 21.7 Å². The molecule has 0 fully saturated rings. The van der Waals surface area contributed by atoms with E-state index in [1.54, 1.807) is 23.7 Å². The van der Waals surface area contributed by atoms with E-state index in [0.29, 0.717) is 16.8 Å². The third-order valence-corrected chi connectivity index (χ3v) is 4.06. The predicted octanol–water partition coefficient (Wildman–Crippen LogP) is 1.83. The highest BCUT2D eigenvalue weighted by Crippen LogP contribution is 2.27. The van der Waals surface area contributed by atoms with Crippen molar-refractivity contribution in [2.75, 3.05) is 5.73 Å². The first-order valence-corrected chi connectivity index (χ1v) is 6.60. The summed E-state index contributed by atoms with van der Waals surface area (Å²) in [6, 6.07) is 4.78. The summed E-state index contributed by atoms with van der Waals surface area (Å²) in [6.45, 7) is 2.13. The monoisotopic (exact) mass is 273 g/mol. The lowest BCUT2D eigenvalue weighted by molar-refractivity contribution is 0.0643. The van der Waals surface area contributed by atoms with E-state index >= 15 is 0 Å². The van der Waals surface area contributed by atoms with Gasteiger partial charge in [-0.05, 0) is 25.1 Å². The van der Waals surface area contributed by atoms with Crippen LogP contribution in [0.5, 0.6) is 0 Å². The van der Waals surface area contributed by atoms with Crippen molar-refractivity contribution in [2.45, 2.75) is 13.5 Å². The lowest BCUT2D eigenvalue weighted by Crippen LogP contribution is -2.29. The van der Waals surface area contributed by atoms with Crippen LogP contribution in [-0.2, 0) is 6.54 Å². The number of rotatable bonds is 2. The summed E-state index contributed by atoms with van der Waals surface area (Å²) in [7, 11) is 0. The Bertz CT molecular complexity index is 693. The van der Waals surface area contributed by atoms with E-state index < -0.39 is 0 Å². The quantitative estimate of drug-likeness (QED) is 0.669. The molecular formula is C13H11N3O2S. The zero-order chi connectivity index (χ0) is 13.6. The predicted molar refractivity (Wildman–Crippen MR) is 71.9 cm³/mol. The number of aromatic nitrogens is 1. The van der Waals surface area contributed by atoms with Crippen LogP contribution in [0.4, 0.5) is 5.69 Å². The molecule has 0 radical (unpaired) electrons. The average molecular weight is 273 g/mol. The lowest BCUT2D eigenvalue weighted by atomic mass is 10.1. The molecule has 96 valence electrons. The fourth-order valence-corrected chi connectivity index (χ4v) is 2.84. The molecule has 0 saturated heterocycles. The number of imide groups is 1. The molecule has 0 saturated carbocycles. The van der Waals surface area contributed by atoms with Gasteiger partial charge in [0.05, 0.1) is 28.9 Å². The molecule has 19 heavy (non-hydrogen) atoms. The number of hydrogen-bond donors (Lipinski definition) is 1. The van der Waals surface area contributed by atoms with Crippen molar-refractivity contribution in [3.63, 3.8) is 0 Å². The number of anilines is 1. The minimum absolute atomic E-state index is 0.267. The first-order valence-electron chi connectivity index (χ1n) is 5.72. The molecule has 0 aliphatic carbocycles. The summed E-state index contributed by atoms with van der Waals surface area (Å²) in [6.07, 6.45) is 0. The van der Waals surface area contributed by atoms with Gasteiger partial charge in [-0.25, -0.2) is 4.98 Å².